The zero-order valence-electron chi connectivity index (χ0n) is 15.8. The summed E-state index contributed by atoms with van der Waals surface area (Å²) in [4.78, 5) is 13.8. The molecule has 3 heterocycles. The minimum absolute atomic E-state index is 0.342. The molecule has 142 valence electrons. The van der Waals surface area contributed by atoms with E-state index in [1.54, 1.807) is 18.1 Å². The summed E-state index contributed by atoms with van der Waals surface area (Å²) in [5.74, 6) is 2.32. The molecule has 0 radical (unpaired) electrons. The number of amidine groups is 1. The average Bonchev–Trinajstić information content (AvgIpc) is 2.84. The van der Waals surface area contributed by atoms with Crippen LogP contribution in [0.15, 0.2) is 53.8 Å². The molecule has 0 bridgehead atoms. The van der Waals surface area contributed by atoms with Crippen LogP contribution in [0.25, 0.3) is 10.9 Å². The molecule has 2 N–H and O–H groups in total. The van der Waals surface area contributed by atoms with Crippen LogP contribution in [-0.4, -0.2) is 27.5 Å². The maximum atomic E-state index is 6.11. The molecule has 2 aliphatic heterocycles. The standard InChI is InChI=1S/C22H22N4OS/c1-22-15(12-28-21(23)26-22)8-9-27-20-7-6-14(10-17(20)22)11-19-16-4-2-3-5-18(16)24-13-25-19/h2-7,10,13,15H,8-9,11-12H2,1H3,(H2,23,26)/t15-,22+/m1/s1. The lowest BCUT2D eigenvalue weighted by Crippen LogP contribution is -2.37. The van der Waals surface area contributed by atoms with E-state index in [2.05, 4.69) is 41.2 Å². The summed E-state index contributed by atoms with van der Waals surface area (Å²) in [5.41, 5.74) is 10.1. The fraction of sp³-hybridized carbons (Fsp3) is 0.318. The first-order valence-corrected chi connectivity index (χ1v) is 10.5. The summed E-state index contributed by atoms with van der Waals surface area (Å²) in [6.07, 6.45) is 3.37. The zero-order valence-corrected chi connectivity index (χ0v) is 16.6. The first kappa shape index (κ1) is 17.5. The van der Waals surface area contributed by atoms with Crippen LogP contribution in [0, 0.1) is 5.92 Å². The van der Waals surface area contributed by atoms with E-state index in [1.807, 2.05) is 18.2 Å². The van der Waals surface area contributed by atoms with Crippen molar-refractivity contribution in [1.29, 1.82) is 0 Å². The summed E-state index contributed by atoms with van der Waals surface area (Å²) in [5, 5.41) is 1.76. The number of thioether (sulfide) groups is 1. The van der Waals surface area contributed by atoms with Gasteiger partial charge in [0, 0.05) is 29.0 Å². The SMILES string of the molecule is C[C@]12N=C(N)SC[C@H]1CCOc1ccc(Cc3ncnc4ccccc34)cc12. The van der Waals surface area contributed by atoms with Crippen molar-refractivity contribution in [2.45, 2.75) is 25.3 Å². The van der Waals surface area contributed by atoms with Gasteiger partial charge in [0.05, 0.1) is 23.4 Å². The molecule has 6 heteroatoms. The first-order chi connectivity index (χ1) is 13.6. The van der Waals surface area contributed by atoms with Crippen LogP contribution >= 0.6 is 11.8 Å². The number of hydrogen-bond acceptors (Lipinski definition) is 6. The van der Waals surface area contributed by atoms with Crippen molar-refractivity contribution in [2.24, 2.45) is 16.6 Å². The largest absolute Gasteiger partial charge is 0.493 e. The highest BCUT2D eigenvalue weighted by atomic mass is 32.2. The Morgan fingerprint density at radius 1 is 1.21 bits per heavy atom. The topological polar surface area (TPSA) is 73.4 Å². The van der Waals surface area contributed by atoms with Gasteiger partial charge in [0.25, 0.3) is 0 Å². The lowest BCUT2D eigenvalue weighted by molar-refractivity contribution is 0.271. The molecule has 5 rings (SSSR count). The number of hydrogen-bond donors (Lipinski definition) is 1. The third-order valence-electron chi connectivity index (χ3n) is 5.88. The number of rotatable bonds is 2. The molecule has 0 unspecified atom stereocenters. The van der Waals surface area contributed by atoms with Gasteiger partial charge in [-0.15, -0.1) is 0 Å². The smallest absolute Gasteiger partial charge is 0.154 e. The van der Waals surface area contributed by atoms with Crippen LogP contribution < -0.4 is 10.5 Å². The third-order valence-corrected chi connectivity index (χ3v) is 6.84. The number of fused-ring (bicyclic) bond motifs is 4. The quantitative estimate of drug-likeness (QED) is 0.718. The lowest BCUT2D eigenvalue weighted by atomic mass is 9.78. The zero-order chi connectivity index (χ0) is 19.1. The highest BCUT2D eigenvalue weighted by molar-refractivity contribution is 8.13. The van der Waals surface area contributed by atoms with Crippen LogP contribution in [0.5, 0.6) is 5.75 Å². The Bertz CT molecular complexity index is 1080. The van der Waals surface area contributed by atoms with Crippen LogP contribution in [0.4, 0.5) is 0 Å². The molecule has 2 aromatic carbocycles. The fourth-order valence-electron chi connectivity index (χ4n) is 4.26. The Morgan fingerprint density at radius 2 is 2.11 bits per heavy atom. The van der Waals surface area contributed by atoms with E-state index < -0.39 is 0 Å². The van der Waals surface area contributed by atoms with Crippen molar-refractivity contribution in [3.63, 3.8) is 0 Å². The molecule has 0 saturated carbocycles. The van der Waals surface area contributed by atoms with Gasteiger partial charge >= 0.3 is 0 Å². The molecule has 0 spiro atoms. The second-order valence-corrected chi connectivity index (χ2v) is 8.63. The Morgan fingerprint density at radius 3 is 3.04 bits per heavy atom. The van der Waals surface area contributed by atoms with Crippen LogP contribution in [-0.2, 0) is 12.0 Å². The summed E-state index contributed by atoms with van der Waals surface area (Å²) < 4.78 is 6.07. The molecule has 0 saturated heterocycles. The summed E-state index contributed by atoms with van der Waals surface area (Å²) in [6.45, 7) is 2.92. The molecular formula is C22H22N4OS. The van der Waals surface area contributed by atoms with Crippen LogP contribution in [0.3, 0.4) is 0 Å². The molecule has 0 amide bonds. The molecule has 3 aromatic rings. The first-order valence-electron chi connectivity index (χ1n) is 9.56. The number of benzene rings is 2. The number of nitrogens with two attached hydrogens (primary N) is 1. The normalized spacial score (nSPS) is 23.9. The minimum Gasteiger partial charge on any atom is -0.493 e. The van der Waals surface area contributed by atoms with E-state index in [0.29, 0.717) is 11.1 Å². The molecule has 28 heavy (non-hydrogen) atoms. The van der Waals surface area contributed by atoms with E-state index in [4.69, 9.17) is 15.5 Å². The number of ether oxygens (including phenoxy) is 1. The number of aliphatic imine (C=N–C) groups is 1. The van der Waals surface area contributed by atoms with Gasteiger partial charge in [0.15, 0.2) is 5.17 Å². The summed E-state index contributed by atoms with van der Waals surface area (Å²) in [6, 6.07) is 14.6. The number of para-hydroxylation sites is 1. The number of nitrogens with zero attached hydrogens (tertiary/aromatic N) is 3. The monoisotopic (exact) mass is 390 g/mol. The van der Waals surface area contributed by atoms with Crippen LogP contribution in [0.1, 0.15) is 30.2 Å². The van der Waals surface area contributed by atoms with Crippen molar-refractivity contribution in [1.82, 2.24) is 9.97 Å². The Balaban J connectivity index is 1.58. The van der Waals surface area contributed by atoms with E-state index in [-0.39, 0.29) is 5.54 Å². The molecule has 1 aromatic heterocycles. The predicted octanol–water partition coefficient (Wildman–Crippen LogP) is 3.90. The van der Waals surface area contributed by atoms with E-state index in [1.165, 1.54) is 5.56 Å². The van der Waals surface area contributed by atoms with E-state index in [9.17, 15) is 0 Å². The second kappa shape index (κ2) is 6.78. The minimum atomic E-state index is -0.342. The molecular weight excluding hydrogens is 368 g/mol. The van der Waals surface area contributed by atoms with Gasteiger partial charge < -0.3 is 10.5 Å². The number of aromatic nitrogens is 2. The molecule has 0 aliphatic carbocycles. The Kier molecular flexibility index (Phi) is 4.23. The third kappa shape index (κ3) is 2.92. The molecule has 2 aliphatic rings. The second-order valence-electron chi connectivity index (χ2n) is 7.59. The van der Waals surface area contributed by atoms with Crippen molar-refractivity contribution in [3.05, 3.63) is 65.6 Å². The van der Waals surface area contributed by atoms with Gasteiger partial charge in [-0.3, -0.25) is 4.99 Å². The van der Waals surface area contributed by atoms with Crippen molar-refractivity contribution >= 4 is 27.8 Å². The summed E-state index contributed by atoms with van der Waals surface area (Å²) >= 11 is 1.65. The maximum Gasteiger partial charge on any atom is 0.154 e. The van der Waals surface area contributed by atoms with Gasteiger partial charge in [-0.2, -0.15) is 0 Å². The van der Waals surface area contributed by atoms with Gasteiger partial charge in [-0.1, -0.05) is 36.0 Å². The highest BCUT2D eigenvalue weighted by Gasteiger charge is 2.42. The van der Waals surface area contributed by atoms with E-state index in [0.717, 1.165) is 53.1 Å². The van der Waals surface area contributed by atoms with Gasteiger partial charge in [-0.25, -0.2) is 9.97 Å². The molecule has 2 atom stereocenters. The fourth-order valence-corrected chi connectivity index (χ4v) is 5.38. The van der Waals surface area contributed by atoms with Gasteiger partial charge in [0.1, 0.15) is 12.1 Å². The van der Waals surface area contributed by atoms with Crippen molar-refractivity contribution in [2.75, 3.05) is 12.4 Å². The highest BCUT2D eigenvalue weighted by Crippen LogP contribution is 2.47. The lowest BCUT2D eigenvalue weighted by Gasteiger charge is -2.36. The summed E-state index contributed by atoms with van der Waals surface area (Å²) in [7, 11) is 0. The predicted molar refractivity (Wildman–Crippen MR) is 114 cm³/mol. The molecule has 5 nitrogen and oxygen atoms in total. The molecule has 0 fully saturated rings. The average molecular weight is 391 g/mol. The van der Waals surface area contributed by atoms with E-state index >= 15 is 0 Å². The van der Waals surface area contributed by atoms with Crippen molar-refractivity contribution < 1.29 is 4.74 Å². The van der Waals surface area contributed by atoms with Gasteiger partial charge in [-0.05, 0) is 37.1 Å². The van der Waals surface area contributed by atoms with Crippen molar-refractivity contribution in [3.8, 4) is 5.75 Å². The maximum absolute atomic E-state index is 6.11. The Labute approximate surface area is 168 Å². The van der Waals surface area contributed by atoms with Crippen LogP contribution in [0.2, 0.25) is 0 Å². The Hall–Kier alpha value is -2.60. The van der Waals surface area contributed by atoms with Gasteiger partial charge in [0.2, 0.25) is 0 Å².